The van der Waals surface area contributed by atoms with E-state index in [1.807, 2.05) is 18.2 Å². The first-order valence-electron chi connectivity index (χ1n) is 6.86. The number of halogens is 1. The molecule has 6 heteroatoms. The number of amides is 1. The maximum absolute atomic E-state index is 11.4. The van der Waals surface area contributed by atoms with Crippen LogP contribution in [-0.4, -0.2) is 34.7 Å². The standard InChI is InChI=1S/C14H18BrN3O2/c15-9-2-4-12(11(16)6-9)17-7-13-8-1-3-10(5-8)18(13)14(19)20/h2,4,6,8,10,13,17H,1,3,5,7,16H2,(H,19,20). The molecule has 1 amide bonds. The molecule has 1 aromatic rings. The monoisotopic (exact) mass is 339 g/mol. The third-order valence-electron chi connectivity index (χ3n) is 4.48. The van der Waals surface area contributed by atoms with E-state index >= 15 is 0 Å². The smallest absolute Gasteiger partial charge is 0.407 e. The summed E-state index contributed by atoms with van der Waals surface area (Å²) in [6.07, 6.45) is 2.35. The van der Waals surface area contributed by atoms with E-state index < -0.39 is 6.09 Å². The first kappa shape index (κ1) is 13.5. The number of benzene rings is 1. The van der Waals surface area contributed by atoms with Crippen molar-refractivity contribution in [2.24, 2.45) is 5.92 Å². The molecule has 1 aliphatic heterocycles. The van der Waals surface area contributed by atoms with Crippen LogP contribution >= 0.6 is 15.9 Å². The number of likely N-dealkylation sites (tertiary alicyclic amines) is 1. The maximum atomic E-state index is 11.4. The van der Waals surface area contributed by atoms with Crippen LogP contribution in [0.15, 0.2) is 22.7 Å². The van der Waals surface area contributed by atoms with Gasteiger partial charge in [0.1, 0.15) is 0 Å². The fourth-order valence-corrected chi connectivity index (χ4v) is 3.94. The van der Waals surface area contributed by atoms with Crippen LogP contribution in [0.3, 0.4) is 0 Å². The predicted molar refractivity (Wildman–Crippen MR) is 81.8 cm³/mol. The largest absolute Gasteiger partial charge is 0.465 e. The zero-order valence-corrected chi connectivity index (χ0v) is 12.6. The number of nitrogen functional groups attached to an aromatic ring is 1. The number of anilines is 2. The Bertz CT molecular complexity index is 537. The van der Waals surface area contributed by atoms with E-state index in [0.717, 1.165) is 29.4 Å². The molecule has 1 saturated carbocycles. The van der Waals surface area contributed by atoms with Crippen LogP contribution in [0.4, 0.5) is 16.2 Å². The molecule has 0 aromatic heterocycles. The maximum Gasteiger partial charge on any atom is 0.407 e. The van der Waals surface area contributed by atoms with Crippen molar-refractivity contribution in [3.63, 3.8) is 0 Å². The minimum Gasteiger partial charge on any atom is -0.465 e. The Morgan fingerprint density at radius 2 is 2.30 bits per heavy atom. The van der Waals surface area contributed by atoms with Crippen molar-refractivity contribution in [1.29, 1.82) is 0 Å². The van der Waals surface area contributed by atoms with Crippen molar-refractivity contribution in [2.75, 3.05) is 17.6 Å². The van der Waals surface area contributed by atoms with Crippen LogP contribution in [0.2, 0.25) is 0 Å². The van der Waals surface area contributed by atoms with Gasteiger partial charge in [0.25, 0.3) is 0 Å². The number of piperidine rings is 1. The van der Waals surface area contributed by atoms with Crippen LogP contribution in [0.5, 0.6) is 0 Å². The molecule has 1 aliphatic carbocycles. The molecule has 3 atom stereocenters. The minimum absolute atomic E-state index is 0.0642. The second-order valence-corrected chi connectivity index (χ2v) is 6.51. The first-order chi connectivity index (χ1) is 9.56. The van der Waals surface area contributed by atoms with Crippen LogP contribution in [0.1, 0.15) is 19.3 Å². The highest BCUT2D eigenvalue weighted by Crippen LogP contribution is 2.42. The van der Waals surface area contributed by atoms with Crippen molar-refractivity contribution in [2.45, 2.75) is 31.3 Å². The summed E-state index contributed by atoms with van der Waals surface area (Å²) < 4.78 is 0.938. The van der Waals surface area contributed by atoms with Gasteiger partial charge in [-0.1, -0.05) is 15.9 Å². The van der Waals surface area contributed by atoms with Crippen molar-refractivity contribution < 1.29 is 9.90 Å². The summed E-state index contributed by atoms with van der Waals surface area (Å²) in [6.45, 7) is 0.624. The molecular formula is C14H18BrN3O2. The molecule has 4 N–H and O–H groups in total. The summed E-state index contributed by atoms with van der Waals surface area (Å²) in [5.41, 5.74) is 7.49. The summed E-state index contributed by atoms with van der Waals surface area (Å²) >= 11 is 3.38. The molecule has 0 radical (unpaired) electrons. The van der Waals surface area contributed by atoms with Crippen molar-refractivity contribution in [3.8, 4) is 0 Å². The number of nitrogens with zero attached hydrogens (tertiary/aromatic N) is 1. The summed E-state index contributed by atoms with van der Waals surface area (Å²) in [5.74, 6) is 0.486. The van der Waals surface area contributed by atoms with E-state index in [2.05, 4.69) is 21.2 Å². The van der Waals surface area contributed by atoms with Crippen LogP contribution in [-0.2, 0) is 0 Å². The molecule has 2 aliphatic rings. The van der Waals surface area contributed by atoms with Gasteiger partial charge >= 0.3 is 6.09 Å². The van der Waals surface area contributed by atoms with Gasteiger partial charge in [0.15, 0.2) is 0 Å². The molecular weight excluding hydrogens is 322 g/mol. The van der Waals surface area contributed by atoms with E-state index in [0.29, 0.717) is 18.2 Å². The number of rotatable bonds is 3. The molecule has 0 spiro atoms. The highest BCUT2D eigenvalue weighted by molar-refractivity contribution is 9.10. The molecule has 1 heterocycles. The van der Waals surface area contributed by atoms with Gasteiger partial charge < -0.3 is 21.1 Å². The Hall–Kier alpha value is -1.43. The Labute approximate surface area is 126 Å². The van der Waals surface area contributed by atoms with Crippen LogP contribution in [0, 0.1) is 5.92 Å². The van der Waals surface area contributed by atoms with Gasteiger partial charge in [0, 0.05) is 17.1 Å². The summed E-state index contributed by atoms with van der Waals surface area (Å²) in [6, 6.07) is 5.96. The molecule has 108 valence electrons. The molecule has 2 fully saturated rings. The zero-order valence-electron chi connectivity index (χ0n) is 11.1. The van der Waals surface area contributed by atoms with Gasteiger partial charge in [-0.15, -0.1) is 0 Å². The number of carboxylic acid groups (broad SMARTS) is 1. The molecule has 3 unspecified atom stereocenters. The lowest BCUT2D eigenvalue weighted by Gasteiger charge is -2.33. The van der Waals surface area contributed by atoms with Gasteiger partial charge in [-0.05, 0) is 43.4 Å². The van der Waals surface area contributed by atoms with E-state index in [1.165, 1.54) is 0 Å². The second-order valence-electron chi connectivity index (χ2n) is 5.60. The molecule has 20 heavy (non-hydrogen) atoms. The Kier molecular flexibility index (Phi) is 3.50. The van der Waals surface area contributed by atoms with E-state index in [-0.39, 0.29) is 12.1 Å². The van der Waals surface area contributed by atoms with Gasteiger partial charge in [-0.25, -0.2) is 4.79 Å². The number of hydrogen-bond acceptors (Lipinski definition) is 3. The Morgan fingerprint density at radius 1 is 1.50 bits per heavy atom. The highest BCUT2D eigenvalue weighted by atomic mass is 79.9. The predicted octanol–water partition coefficient (Wildman–Crippen LogP) is 2.97. The SMILES string of the molecule is Nc1cc(Br)ccc1NCC1C2CCC(C2)N1C(=O)O. The zero-order chi connectivity index (χ0) is 14.3. The van der Waals surface area contributed by atoms with Gasteiger partial charge in [-0.3, -0.25) is 0 Å². The lowest BCUT2D eigenvalue weighted by Crippen LogP contribution is -2.47. The number of fused-ring (bicyclic) bond motifs is 2. The Morgan fingerprint density at radius 3 is 3.00 bits per heavy atom. The van der Waals surface area contributed by atoms with E-state index in [9.17, 15) is 9.90 Å². The van der Waals surface area contributed by atoms with Crippen molar-refractivity contribution in [1.82, 2.24) is 4.90 Å². The second kappa shape index (κ2) is 5.16. The minimum atomic E-state index is -0.798. The van der Waals surface area contributed by atoms with E-state index in [1.54, 1.807) is 4.90 Å². The molecule has 1 saturated heterocycles. The van der Waals surface area contributed by atoms with Crippen LogP contribution < -0.4 is 11.1 Å². The lowest BCUT2D eigenvalue weighted by atomic mass is 9.99. The number of hydrogen-bond donors (Lipinski definition) is 3. The van der Waals surface area contributed by atoms with Crippen LogP contribution in [0.25, 0.3) is 0 Å². The fourth-order valence-electron chi connectivity index (χ4n) is 3.56. The molecule has 1 aromatic carbocycles. The van der Waals surface area contributed by atoms with Gasteiger partial charge in [0.2, 0.25) is 0 Å². The average Bonchev–Trinajstić information content (AvgIpc) is 2.97. The van der Waals surface area contributed by atoms with E-state index in [4.69, 9.17) is 5.73 Å². The highest BCUT2D eigenvalue weighted by Gasteiger charge is 2.47. The number of nitrogens with two attached hydrogens (primary N) is 1. The fraction of sp³-hybridized carbons (Fsp3) is 0.500. The quantitative estimate of drug-likeness (QED) is 0.739. The lowest BCUT2D eigenvalue weighted by molar-refractivity contribution is 0.106. The van der Waals surface area contributed by atoms with Gasteiger partial charge in [0.05, 0.1) is 17.4 Å². The summed E-state index contributed by atoms with van der Waals surface area (Å²) in [7, 11) is 0. The average molecular weight is 340 g/mol. The van der Waals surface area contributed by atoms with Crippen molar-refractivity contribution >= 4 is 33.4 Å². The van der Waals surface area contributed by atoms with Crippen molar-refractivity contribution in [3.05, 3.63) is 22.7 Å². The number of nitrogens with one attached hydrogen (secondary N) is 1. The molecule has 3 rings (SSSR count). The molecule has 2 bridgehead atoms. The first-order valence-corrected chi connectivity index (χ1v) is 7.65. The number of carbonyl (C=O) groups is 1. The summed E-state index contributed by atoms with van der Waals surface area (Å²) in [5, 5.41) is 12.7. The normalized spacial score (nSPS) is 27.9. The molecule has 5 nitrogen and oxygen atoms in total. The van der Waals surface area contributed by atoms with Gasteiger partial charge in [-0.2, -0.15) is 0 Å². The summed E-state index contributed by atoms with van der Waals surface area (Å²) in [4.78, 5) is 13.0. The third kappa shape index (κ3) is 2.32. The Balaban J connectivity index is 1.70. The topological polar surface area (TPSA) is 78.6 Å². The third-order valence-corrected chi connectivity index (χ3v) is 4.97.